The van der Waals surface area contributed by atoms with Crippen LogP contribution in [0.25, 0.3) is 0 Å². The molecule has 192 valence electrons. The summed E-state index contributed by atoms with van der Waals surface area (Å²) in [6, 6.07) is 10.0. The molecule has 0 amide bonds. The van der Waals surface area contributed by atoms with E-state index in [1.807, 2.05) is 6.20 Å². The summed E-state index contributed by atoms with van der Waals surface area (Å²) in [5.74, 6) is 3.13. The van der Waals surface area contributed by atoms with Gasteiger partial charge in [0.1, 0.15) is 5.82 Å². The van der Waals surface area contributed by atoms with Gasteiger partial charge >= 0.3 is 0 Å². The highest BCUT2D eigenvalue weighted by Crippen LogP contribution is 2.56. The second kappa shape index (κ2) is 8.82. The van der Waals surface area contributed by atoms with Crippen molar-refractivity contribution in [2.24, 2.45) is 17.8 Å². The summed E-state index contributed by atoms with van der Waals surface area (Å²) in [5, 5.41) is 27.3. The third-order valence-electron chi connectivity index (χ3n) is 9.48. The van der Waals surface area contributed by atoms with Crippen LogP contribution in [-0.4, -0.2) is 75.0 Å². The molecule has 4 N–H and O–H groups in total. The summed E-state index contributed by atoms with van der Waals surface area (Å²) < 4.78 is 0.871. The Morgan fingerprint density at radius 2 is 1.81 bits per heavy atom. The number of fused-ring (bicyclic) bond motifs is 2. The molecule has 3 heterocycles. The lowest BCUT2D eigenvalue weighted by molar-refractivity contribution is -0.129. The number of likely N-dealkylation sites (tertiary alicyclic amines) is 1. The zero-order chi connectivity index (χ0) is 24.4. The molecule has 4 aliphatic carbocycles. The Balaban J connectivity index is 1.02. The van der Waals surface area contributed by atoms with Crippen molar-refractivity contribution in [1.82, 2.24) is 14.9 Å². The second-order valence-electron chi connectivity index (χ2n) is 11.8. The lowest BCUT2D eigenvalue weighted by Gasteiger charge is -2.58. The summed E-state index contributed by atoms with van der Waals surface area (Å²) >= 11 is 3.64. The van der Waals surface area contributed by atoms with E-state index < -0.39 is 5.60 Å². The molecule has 6 bridgehead atoms. The van der Waals surface area contributed by atoms with E-state index in [1.165, 1.54) is 24.9 Å². The normalized spacial score (nSPS) is 36.6. The molecule has 2 saturated heterocycles. The van der Waals surface area contributed by atoms with Crippen LogP contribution in [0.15, 0.2) is 34.9 Å². The molecule has 6 aliphatic rings. The number of aromatic nitrogens is 2. The van der Waals surface area contributed by atoms with Gasteiger partial charge in [-0.3, -0.25) is 4.90 Å². The van der Waals surface area contributed by atoms with Crippen LogP contribution in [0.4, 0.5) is 23.1 Å². The molecule has 1 aromatic carbocycles. The van der Waals surface area contributed by atoms with Crippen molar-refractivity contribution < 1.29 is 10.2 Å². The highest BCUT2D eigenvalue weighted by Gasteiger charge is 2.54. The maximum absolute atomic E-state index is 10.9. The van der Waals surface area contributed by atoms with Gasteiger partial charge in [-0.05, 0) is 96.5 Å². The number of rotatable bonds is 7. The Morgan fingerprint density at radius 1 is 1.03 bits per heavy atom. The predicted molar refractivity (Wildman–Crippen MR) is 144 cm³/mol. The summed E-state index contributed by atoms with van der Waals surface area (Å²) in [4.78, 5) is 14.2. The average molecular weight is 556 g/mol. The van der Waals surface area contributed by atoms with Gasteiger partial charge in [0.2, 0.25) is 5.95 Å². The number of β-amino-alcohol motifs (C(OH)–C–C–N with tert-alkyl or cyclic N) is 1. The zero-order valence-corrected chi connectivity index (χ0v) is 22.1. The summed E-state index contributed by atoms with van der Waals surface area (Å²) in [6.07, 6.45) is 8.26. The maximum atomic E-state index is 10.9. The number of hydrogen-bond acceptors (Lipinski definition) is 8. The van der Waals surface area contributed by atoms with Crippen molar-refractivity contribution in [3.8, 4) is 0 Å². The Labute approximate surface area is 220 Å². The highest BCUT2D eigenvalue weighted by molar-refractivity contribution is 9.10. The quantitative estimate of drug-likeness (QED) is 0.412. The number of nitrogens with one attached hydrogen (secondary N) is 2. The van der Waals surface area contributed by atoms with E-state index in [4.69, 9.17) is 4.98 Å². The number of anilines is 4. The molecular weight excluding hydrogens is 520 g/mol. The van der Waals surface area contributed by atoms with E-state index in [0.717, 1.165) is 54.9 Å². The fourth-order valence-electron chi connectivity index (χ4n) is 8.24. The van der Waals surface area contributed by atoms with Crippen LogP contribution in [0.5, 0.6) is 0 Å². The Bertz CT molecular complexity index is 1120. The molecule has 4 unspecified atom stereocenters. The zero-order valence-electron chi connectivity index (χ0n) is 20.5. The molecule has 1 aromatic heterocycles. The minimum Gasteiger partial charge on any atom is -0.395 e. The lowest BCUT2D eigenvalue weighted by Crippen LogP contribution is -2.59. The largest absolute Gasteiger partial charge is 0.395 e. The molecule has 8 nitrogen and oxygen atoms in total. The smallest absolute Gasteiger partial charge is 0.229 e. The Hall–Kier alpha value is -1.94. The minimum absolute atomic E-state index is 0.241. The second-order valence-corrected chi connectivity index (χ2v) is 12.7. The van der Waals surface area contributed by atoms with E-state index in [1.54, 1.807) is 0 Å². The van der Waals surface area contributed by atoms with Crippen molar-refractivity contribution >= 4 is 39.1 Å². The van der Waals surface area contributed by atoms with Crippen molar-refractivity contribution in [2.75, 3.05) is 41.8 Å². The molecule has 0 radical (unpaired) electrons. The predicted octanol–water partition coefficient (Wildman–Crippen LogP) is 3.59. The van der Waals surface area contributed by atoms with Crippen LogP contribution in [-0.2, 0) is 0 Å². The van der Waals surface area contributed by atoms with E-state index in [2.05, 4.69) is 65.6 Å². The first-order valence-corrected chi connectivity index (χ1v) is 14.3. The van der Waals surface area contributed by atoms with Gasteiger partial charge in [0, 0.05) is 55.3 Å². The summed E-state index contributed by atoms with van der Waals surface area (Å²) in [7, 11) is 0. The number of piperazine rings is 1. The van der Waals surface area contributed by atoms with Crippen LogP contribution in [0, 0.1) is 17.8 Å². The number of halogens is 1. The van der Waals surface area contributed by atoms with Gasteiger partial charge in [0.25, 0.3) is 0 Å². The molecular formula is C27H35BrN6O2. The third kappa shape index (κ3) is 4.08. The SMILES string of the molecule is OCCN1CC2CC1CN2c1ccc(Nc2ncc(Br)c(NC3C4CC5CC3CC(O)(C5)C4)n2)cc1. The maximum Gasteiger partial charge on any atom is 0.229 e. The van der Waals surface area contributed by atoms with Crippen molar-refractivity contribution in [1.29, 1.82) is 0 Å². The van der Waals surface area contributed by atoms with E-state index in [9.17, 15) is 10.2 Å². The topological polar surface area (TPSA) is 96.8 Å². The van der Waals surface area contributed by atoms with Crippen LogP contribution in [0.3, 0.4) is 0 Å². The molecule has 2 aliphatic heterocycles. The van der Waals surface area contributed by atoms with Crippen molar-refractivity contribution in [2.45, 2.75) is 62.3 Å². The van der Waals surface area contributed by atoms with Crippen molar-refractivity contribution in [3.05, 3.63) is 34.9 Å². The standard InChI is InChI=1S/C27H35BrN6O2/c28-23-13-29-26(32-25(23)31-24-17-7-16-8-18(24)12-27(36,10-16)11-17)30-19-1-3-20(4-2-19)34-15-21-9-22(34)14-33(21)5-6-35/h1-4,13,16-18,21-22,24,35-36H,5-12,14-15H2,(H2,29,30,31,32). The molecule has 36 heavy (non-hydrogen) atoms. The van der Waals surface area contributed by atoms with E-state index in [-0.39, 0.29) is 6.61 Å². The monoisotopic (exact) mass is 554 g/mol. The molecule has 4 atom stereocenters. The van der Waals surface area contributed by atoms with Gasteiger partial charge in [-0.1, -0.05) is 0 Å². The first kappa shape index (κ1) is 23.2. The van der Waals surface area contributed by atoms with Crippen LogP contribution >= 0.6 is 15.9 Å². The van der Waals surface area contributed by atoms with Gasteiger partial charge in [0.15, 0.2) is 0 Å². The van der Waals surface area contributed by atoms with Crippen LogP contribution in [0.1, 0.15) is 38.5 Å². The lowest BCUT2D eigenvalue weighted by atomic mass is 9.52. The average Bonchev–Trinajstić information content (AvgIpc) is 3.44. The number of aliphatic hydroxyl groups is 2. The Morgan fingerprint density at radius 3 is 2.47 bits per heavy atom. The number of hydrogen-bond donors (Lipinski definition) is 4. The fourth-order valence-corrected chi connectivity index (χ4v) is 8.54. The Kier molecular flexibility index (Phi) is 5.69. The third-order valence-corrected chi connectivity index (χ3v) is 10.1. The highest BCUT2D eigenvalue weighted by atomic mass is 79.9. The van der Waals surface area contributed by atoms with E-state index >= 15 is 0 Å². The molecule has 6 fully saturated rings. The number of benzene rings is 1. The molecule has 0 spiro atoms. The molecule has 8 rings (SSSR count). The molecule has 9 heteroatoms. The number of aliphatic hydroxyl groups excluding tert-OH is 1. The van der Waals surface area contributed by atoms with Gasteiger partial charge in [-0.15, -0.1) is 0 Å². The summed E-state index contributed by atoms with van der Waals surface area (Å²) in [6.45, 7) is 3.09. The van der Waals surface area contributed by atoms with Gasteiger partial charge in [-0.25, -0.2) is 4.98 Å². The van der Waals surface area contributed by atoms with E-state index in [0.29, 0.717) is 41.8 Å². The molecule has 4 saturated carbocycles. The van der Waals surface area contributed by atoms with Crippen LogP contribution in [0.2, 0.25) is 0 Å². The first-order valence-electron chi connectivity index (χ1n) is 13.5. The van der Waals surface area contributed by atoms with Gasteiger partial charge in [0.05, 0.1) is 16.7 Å². The van der Waals surface area contributed by atoms with Gasteiger partial charge < -0.3 is 25.7 Å². The minimum atomic E-state index is -0.427. The first-order chi connectivity index (χ1) is 17.5. The fraction of sp³-hybridized carbons (Fsp3) is 0.630. The summed E-state index contributed by atoms with van der Waals surface area (Å²) in [5.41, 5.74) is 1.79. The number of nitrogens with zero attached hydrogens (tertiary/aromatic N) is 4. The van der Waals surface area contributed by atoms with Gasteiger partial charge in [-0.2, -0.15) is 4.98 Å². The molecule has 2 aromatic rings. The van der Waals surface area contributed by atoms with Crippen LogP contribution < -0.4 is 15.5 Å². The van der Waals surface area contributed by atoms with Crippen molar-refractivity contribution in [3.63, 3.8) is 0 Å².